The van der Waals surface area contributed by atoms with Crippen LogP contribution in [0.4, 0.5) is 0 Å². The highest BCUT2D eigenvalue weighted by Crippen LogP contribution is 2.34. The molecule has 2 aliphatic heterocycles. The zero-order valence-corrected chi connectivity index (χ0v) is 23.6. The number of likely N-dealkylation sites (tertiary alicyclic amines) is 1. The second-order valence-electron chi connectivity index (χ2n) is 12.1. The molecule has 2 saturated heterocycles. The minimum absolute atomic E-state index is 0.00916. The summed E-state index contributed by atoms with van der Waals surface area (Å²) in [6, 6.07) is -0.00916. The van der Waals surface area contributed by atoms with E-state index in [2.05, 4.69) is 30.7 Å². The lowest BCUT2D eigenvalue weighted by Crippen LogP contribution is -2.59. The molecule has 4 atom stereocenters. The topological polar surface area (TPSA) is 79.4 Å². The zero-order valence-electron chi connectivity index (χ0n) is 23.6. The van der Waals surface area contributed by atoms with Gasteiger partial charge in [0.2, 0.25) is 5.91 Å². The van der Waals surface area contributed by atoms with E-state index in [4.69, 9.17) is 9.47 Å². The number of carbonyl (C=O) groups is 3. The van der Waals surface area contributed by atoms with E-state index in [1.807, 2.05) is 25.9 Å². The number of rotatable bonds is 6. The van der Waals surface area contributed by atoms with Gasteiger partial charge in [0.05, 0.1) is 5.60 Å². The van der Waals surface area contributed by atoms with Crippen molar-refractivity contribution in [3.63, 3.8) is 0 Å². The van der Waals surface area contributed by atoms with Crippen LogP contribution >= 0.6 is 0 Å². The van der Waals surface area contributed by atoms with Crippen LogP contribution in [-0.4, -0.2) is 105 Å². The number of nitrogens with zero attached hydrogens (tertiary/aromatic N) is 3. The van der Waals surface area contributed by atoms with Crippen LogP contribution in [0.3, 0.4) is 0 Å². The van der Waals surface area contributed by atoms with Crippen LogP contribution in [0.25, 0.3) is 0 Å². The number of Topliss-reactive ketones (excluding diaryl/α,β-unsaturated/α-hetero) is 1. The Morgan fingerprint density at radius 1 is 1.11 bits per heavy atom. The zero-order chi connectivity index (χ0) is 26.6. The van der Waals surface area contributed by atoms with Gasteiger partial charge in [0, 0.05) is 51.0 Å². The molecule has 2 heterocycles. The van der Waals surface area contributed by atoms with Gasteiger partial charge in [-0.3, -0.25) is 19.3 Å². The van der Waals surface area contributed by atoms with E-state index in [-0.39, 0.29) is 36.2 Å². The number of cyclic esters (lactones) is 1. The van der Waals surface area contributed by atoms with Crippen molar-refractivity contribution in [2.45, 2.75) is 71.9 Å². The molecule has 0 bridgehead atoms. The van der Waals surface area contributed by atoms with Crippen molar-refractivity contribution < 1.29 is 23.9 Å². The summed E-state index contributed by atoms with van der Waals surface area (Å²) in [6.45, 7) is 12.8. The van der Waals surface area contributed by atoms with Crippen molar-refractivity contribution >= 4 is 17.7 Å². The molecule has 0 aromatic rings. The molecule has 0 radical (unpaired) electrons. The highest BCUT2D eigenvalue weighted by molar-refractivity contribution is 6.03. The third kappa shape index (κ3) is 7.73. The lowest BCUT2D eigenvalue weighted by Gasteiger charge is -2.46. The SMILES string of the molecule is CO[C@]1(C)C[C@@H](C)CN(C)C(C2CN(C(=O)CCCN(C)C)C2)COC(=O)C(C)(C)C(=O)[C@H](C)C1. The molecule has 202 valence electrons. The molecule has 8 nitrogen and oxygen atoms in total. The number of hydrogen-bond donors (Lipinski definition) is 0. The molecule has 1 amide bonds. The third-order valence-corrected chi connectivity index (χ3v) is 7.94. The molecule has 0 aliphatic carbocycles. The fraction of sp³-hybridized carbons (Fsp3) is 0.889. The molecule has 0 saturated carbocycles. The van der Waals surface area contributed by atoms with Crippen LogP contribution in [0.5, 0.6) is 0 Å². The fourth-order valence-corrected chi connectivity index (χ4v) is 5.76. The van der Waals surface area contributed by atoms with E-state index in [9.17, 15) is 14.4 Å². The lowest BCUT2D eigenvalue weighted by atomic mass is 9.76. The average Bonchev–Trinajstić information content (AvgIpc) is 2.72. The van der Waals surface area contributed by atoms with Crippen molar-refractivity contribution in [1.29, 1.82) is 0 Å². The van der Waals surface area contributed by atoms with Gasteiger partial charge in [-0.2, -0.15) is 0 Å². The van der Waals surface area contributed by atoms with Gasteiger partial charge in [-0.1, -0.05) is 13.8 Å². The van der Waals surface area contributed by atoms with Crippen molar-refractivity contribution in [2.24, 2.45) is 23.2 Å². The molecule has 0 aromatic heterocycles. The molecule has 2 rings (SSSR count). The van der Waals surface area contributed by atoms with E-state index in [0.717, 1.165) is 25.9 Å². The predicted octanol–water partition coefficient (Wildman–Crippen LogP) is 2.70. The second-order valence-corrected chi connectivity index (χ2v) is 12.1. The van der Waals surface area contributed by atoms with Gasteiger partial charge in [0.25, 0.3) is 0 Å². The second kappa shape index (κ2) is 12.2. The first-order valence-electron chi connectivity index (χ1n) is 13.1. The summed E-state index contributed by atoms with van der Waals surface area (Å²) in [4.78, 5) is 45.1. The number of ether oxygens (including phenoxy) is 2. The normalized spacial score (nSPS) is 31.8. The van der Waals surface area contributed by atoms with Crippen molar-refractivity contribution in [2.75, 3.05) is 61.0 Å². The Labute approximate surface area is 212 Å². The van der Waals surface area contributed by atoms with Crippen molar-refractivity contribution in [3.8, 4) is 0 Å². The molecule has 2 aliphatic rings. The number of likely N-dealkylation sites (N-methyl/N-ethyl adjacent to an activating group) is 1. The van der Waals surface area contributed by atoms with Gasteiger partial charge < -0.3 is 19.3 Å². The summed E-state index contributed by atoms with van der Waals surface area (Å²) in [7, 11) is 7.79. The Bertz CT molecular complexity index is 749. The van der Waals surface area contributed by atoms with E-state index in [1.165, 1.54) is 0 Å². The number of methoxy groups -OCH3 is 1. The largest absolute Gasteiger partial charge is 0.463 e. The standard InChI is InChI=1S/C27H49N3O5/c1-19-13-27(5,34-9)14-20(2)24(32)26(3,4)25(33)35-18-22(29(8)15-19)21-16-30(17-21)23(31)11-10-12-28(6)7/h19-22H,10-18H2,1-9H3/t19-,20-,22?,27-/m1/s1. The molecule has 0 aromatic carbocycles. The molecule has 0 N–H and O–H groups in total. The molecular formula is C27H49N3O5. The summed E-state index contributed by atoms with van der Waals surface area (Å²) in [5, 5.41) is 0. The maximum atomic E-state index is 13.2. The number of hydrogen-bond acceptors (Lipinski definition) is 7. The smallest absolute Gasteiger partial charge is 0.319 e. The first kappa shape index (κ1) is 29.7. The Morgan fingerprint density at radius 3 is 2.31 bits per heavy atom. The van der Waals surface area contributed by atoms with E-state index in [0.29, 0.717) is 31.8 Å². The first-order valence-corrected chi connectivity index (χ1v) is 13.1. The maximum absolute atomic E-state index is 13.2. The monoisotopic (exact) mass is 495 g/mol. The average molecular weight is 496 g/mol. The molecule has 35 heavy (non-hydrogen) atoms. The van der Waals surface area contributed by atoms with Crippen LogP contribution in [0.1, 0.15) is 60.3 Å². The number of ketones is 1. The number of amides is 1. The van der Waals surface area contributed by atoms with Gasteiger partial charge in [-0.15, -0.1) is 0 Å². The van der Waals surface area contributed by atoms with E-state index < -0.39 is 17.0 Å². The van der Waals surface area contributed by atoms with Gasteiger partial charge in [-0.05, 0) is 73.6 Å². The Morgan fingerprint density at radius 2 is 1.74 bits per heavy atom. The van der Waals surface area contributed by atoms with Crippen molar-refractivity contribution in [1.82, 2.24) is 14.7 Å². The van der Waals surface area contributed by atoms with E-state index in [1.54, 1.807) is 21.0 Å². The van der Waals surface area contributed by atoms with Gasteiger partial charge in [-0.25, -0.2) is 0 Å². The molecule has 0 spiro atoms. The molecular weight excluding hydrogens is 446 g/mol. The van der Waals surface area contributed by atoms with Crippen LogP contribution in [0.15, 0.2) is 0 Å². The highest BCUT2D eigenvalue weighted by Gasteiger charge is 2.45. The fourth-order valence-electron chi connectivity index (χ4n) is 5.76. The maximum Gasteiger partial charge on any atom is 0.319 e. The van der Waals surface area contributed by atoms with Gasteiger partial charge in [0.15, 0.2) is 5.78 Å². The van der Waals surface area contributed by atoms with Crippen LogP contribution in [-0.2, 0) is 23.9 Å². The molecule has 8 heteroatoms. The minimum Gasteiger partial charge on any atom is -0.463 e. The minimum atomic E-state index is -1.22. The summed E-state index contributed by atoms with van der Waals surface area (Å²) in [5.74, 6) is -0.159. The quantitative estimate of drug-likeness (QED) is 0.414. The lowest BCUT2D eigenvalue weighted by molar-refractivity contribution is -0.163. The highest BCUT2D eigenvalue weighted by atomic mass is 16.5. The third-order valence-electron chi connectivity index (χ3n) is 7.94. The van der Waals surface area contributed by atoms with E-state index >= 15 is 0 Å². The van der Waals surface area contributed by atoms with Crippen LogP contribution < -0.4 is 0 Å². The van der Waals surface area contributed by atoms with Crippen LogP contribution in [0.2, 0.25) is 0 Å². The van der Waals surface area contributed by atoms with Gasteiger partial charge >= 0.3 is 5.97 Å². The van der Waals surface area contributed by atoms with Crippen LogP contribution in [0, 0.1) is 23.2 Å². The Hall–Kier alpha value is -1.51. The summed E-state index contributed by atoms with van der Waals surface area (Å²) < 4.78 is 11.7. The molecule has 1 unspecified atom stereocenters. The summed E-state index contributed by atoms with van der Waals surface area (Å²) in [5.41, 5.74) is -1.67. The Kier molecular flexibility index (Phi) is 10.3. The number of esters is 1. The summed E-state index contributed by atoms with van der Waals surface area (Å²) in [6.07, 6.45) is 2.78. The Balaban J connectivity index is 2.15. The van der Waals surface area contributed by atoms with Gasteiger partial charge in [0.1, 0.15) is 12.0 Å². The predicted molar refractivity (Wildman–Crippen MR) is 137 cm³/mol. The first-order chi connectivity index (χ1) is 16.2. The number of carbonyl (C=O) groups excluding carboxylic acids is 3. The van der Waals surface area contributed by atoms with Crippen molar-refractivity contribution in [3.05, 3.63) is 0 Å². The molecule has 2 fully saturated rings. The summed E-state index contributed by atoms with van der Waals surface area (Å²) >= 11 is 0.